The summed E-state index contributed by atoms with van der Waals surface area (Å²) in [7, 11) is 0. The molecule has 8 aromatic carbocycles. The van der Waals surface area contributed by atoms with Crippen LogP contribution in [0.2, 0.25) is 0 Å². The van der Waals surface area contributed by atoms with Crippen LogP contribution in [-0.4, -0.2) is 0 Å². The van der Waals surface area contributed by atoms with Gasteiger partial charge in [0.05, 0.1) is 0 Å². The van der Waals surface area contributed by atoms with Crippen molar-refractivity contribution in [1.29, 1.82) is 0 Å². The number of nitrogens with zero attached hydrogens (tertiary/aromatic N) is 2. The summed E-state index contributed by atoms with van der Waals surface area (Å²) in [6.45, 7) is 0. The van der Waals surface area contributed by atoms with Gasteiger partial charge in [-0.1, -0.05) is 152 Å². The maximum atomic E-state index is 2.38. The van der Waals surface area contributed by atoms with Crippen LogP contribution < -0.4 is 9.80 Å². The van der Waals surface area contributed by atoms with E-state index in [-0.39, 0.29) is 0 Å². The molecular weight excluding hydrogens is 677 g/mol. The molecule has 2 aliphatic rings. The maximum absolute atomic E-state index is 2.38. The average Bonchev–Trinajstić information content (AvgIpc) is 3.26. The van der Waals surface area contributed by atoms with Crippen molar-refractivity contribution in [3.8, 4) is 0 Å². The molecule has 2 aliphatic carbocycles. The molecule has 56 heavy (non-hydrogen) atoms. The van der Waals surface area contributed by atoms with Gasteiger partial charge in [-0.05, 0) is 128 Å². The molecule has 0 heterocycles. The third-order valence-corrected chi connectivity index (χ3v) is 11.1. The molecule has 0 spiro atoms. The second kappa shape index (κ2) is 14.6. The number of rotatable bonds is 8. The first-order chi connectivity index (χ1) is 27.7. The highest BCUT2D eigenvalue weighted by molar-refractivity contribution is 5.93. The van der Waals surface area contributed by atoms with E-state index in [0.717, 1.165) is 46.0 Å². The lowest BCUT2D eigenvalue weighted by Crippen LogP contribution is -2.18. The van der Waals surface area contributed by atoms with E-state index in [0.29, 0.717) is 5.92 Å². The van der Waals surface area contributed by atoms with Gasteiger partial charge in [0.25, 0.3) is 0 Å². The summed E-state index contributed by atoms with van der Waals surface area (Å²) in [5, 5.41) is 7.40. The zero-order valence-electron chi connectivity index (χ0n) is 31.0. The first-order valence-corrected chi connectivity index (χ1v) is 19.4. The molecule has 0 aliphatic heterocycles. The largest absolute Gasteiger partial charge is 0.310 e. The summed E-state index contributed by atoms with van der Waals surface area (Å²) in [5.74, 6) is 0.448. The SMILES string of the molecule is C1=CCC2C=CC(N(c3ccc(C=Cc4ccc(N(c5ccc6ccccc6c5)c5ccc6ccccc6c5)cc4)cc3)c3ccc4ccccc4c3)=CC2=C1. The van der Waals surface area contributed by atoms with E-state index in [1.54, 1.807) is 0 Å². The third-order valence-electron chi connectivity index (χ3n) is 11.1. The standard InChI is InChI=1S/C54H40N2/c1-5-13-45-35-51(31-23-41(45)9-1)55(52-32-24-42-10-2-6-14-46(42)36-52)49-27-19-39(20-28-49)17-18-40-21-29-50(30-22-40)56(53-33-25-43-11-3-7-15-47(43)37-53)54-34-26-44-12-4-8-16-48(44)38-54/h1-11,13-38,44H,12H2. The molecule has 0 amide bonds. The van der Waals surface area contributed by atoms with E-state index in [4.69, 9.17) is 0 Å². The number of anilines is 5. The summed E-state index contributed by atoms with van der Waals surface area (Å²) in [6, 6.07) is 63.6. The molecule has 8 aromatic rings. The Morgan fingerprint density at radius 1 is 0.429 bits per heavy atom. The van der Waals surface area contributed by atoms with Gasteiger partial charge >= 0.3 is 0 Å². The van der Waals surface area contributed by atoms with E-state index in [2.05, 4.69) is 234 Å². The van der Waals surface area contributed by atoms with E-state index in [9.17, 15) is 0 Å². The van der Waals surface area contributed by atoms with E-state index >= 15 is 0 Å². The Morgan fingerprint density at radius 2 is 0.857 bits per heavy atom. The van der Waals surface area contributed by atoms with Crippen LogP contribution in [0.25, 0.3) is 44.5 Å². The molecule has 0 N–H and O–H groups in total. The van der Waals surface area contributed by atoms with Crippen LogP contribution in [0.3, 0.4) is 0 Å². The minimum Gasteiger partial charge on any atom is -0.310 e. The smallest absolute Gasteiger partial charge is 0.0468 e. The van der Waals surface area contributed by atoms with Gasteiger partial charge in [0.1, 0.15) is 0 Å². The topological polar surface area (TPSA) is 6.48 Å². The summed E-state index contributed by atoms with van der Waals surface area (Å²) in [6.07, 6.45) is 19.1. The average molecular weight is 717 g/mol. The molecule has 0 bridgehead atoms. The van der Waals surface area contributed by atoms with Crippen LogP contribution >= 0.6 is 0 Å². The molecule has 0 aromatic heterocycles. The Labute approximate surface area is 328 Å². The molecule has 0 fully saturated rings. The van der Waals surface area contributed by atoms with Crippen LogP contribution in [0.1, 0.15) is 17.5 Å². The highest BCUT2D eigenvalue weighted by atomic mass is 15.1. The van der Waals surface area contributed by atoms with E-state index in [1.165, 1.54) is 43.6 Å². The predicted molar refractivity (Wildman–Crippen MR) is 240 cm³/mol. The van der Waals surface area contributed by atoms with Gasteiger partial charge in [-0.25, -0.2) is 0 Å². The lowest BCUT2D eigenvalue weighted by molar-refractivity contribution is 0.774. The normalized spacial score (nSPS) is 14.9. The molecule has 1 unspecified atom stereocenters. The minimum atomic E-state index is 0.448. The van der Waals surface area contributed by atoms with Crippen molar-refractivity contribution < 1.29 is 0 Å². The van der Waals surface area contributed by atoms with E-state index in [1.807, 2.05) is 0 Å². The Balaban J connectivity index is 0.944. The van der Waals surface area contributed by atoms with Gasteiger partial charge in [0.15, 0.2) is 0 Å². The van der Waals surface area contributed by atoms with Crippen LogP contribution in [0.15, 0.2) is 224 Å². The molecule has 2 heteroatoms. The molecule has 0 saturated carbocycles. The second-order valence-electron chi connectivity index (χ2n) is 14.6. The first-order valence-electron chi connectivity index (χ1n) is 19.4. The Morgan fingerprint density at radius 3 is 1.36 bits per heavy atom. The van der Waals surface area contributed by atoms with Crippen molar-refractivity contribution in [3.05, 3.63) is 235 Å². The van der Waals surface area contributed by atoms with Gasteiger partial charge in [0, 0.05) is 40.1 Å². The molecule has 2 nitrogen and oxygen atoms in total. The number of hydrogen-bond acceptors (Lipinski definition) is 2. The van der Waals surface area contributed by atoms with Crippen LogP contribution in [0.5, 0.6) is 0 Å². The van der Waals surface area contributed by atoms with Crippen LogP contribution in [0, 0.1) is 5.92 Å². The maximum Gasteiger partial charge on any atom is 0.0468 e. The molecule has 0 saturated heterocycles. The van der Waals surface area contributed by atoms with Crippen molar-refractivity contribution >= 4 is 72.9 Å². The summed E-state index contributed by atoms with van der Waals surface area (Å²) >= 11 is 0. The van der Waals surface area contributed by atoms with Crippen LogP contribution in [-0.2, 0) is 0 Å². The molecule has 0 radical (unpaired) electrons. The Kier molecular flexibility index (Phi) is 8.70. The lowest BCUT2D eigenvalue weighted by atomic mass is 9.87. The van der Waals surface area contributed by atoms with E-state index < -0.39 is 0 Å². The number of hydrogen-bond donors (Lipinski definition) is 0. The number of benzene rings is 8. The van der Waals surface area contributed by atoms with Gasteiger partial charge in [-0.3, -0.25) is 0 Å². The van der Waals surface area contributed by atoms with Crippen molar-refractivity contribution in [2.24, 2.45) is 5.92 Å². The van der Waals surface area contributed by atoms with Crippen molar-refractivity contribution in [2.45, 2.75) is 6.42 Å². The van der Waals surface area contributed by atoms with Gasteiger partial charge in [-0.2, -0.15) is 0 Å². The third kappa shape index (κ3) is 6.63. The monoisotopic (exact) mass is 716 g/mol. The minimum absolute atomic E-state index is 0.448. The fraction of sp³-hybridized carbons (Fsp3) is 0.0370. The first kappa shape index (κ1) is 33.4. The van der Waals surface area contributed by atoms with Crippen molar-refractivity contribution in [3.63, 3.8) is 0 Å². The highest BCUT2D eigenvalue weighted by Crippen LogP contribution is 2.39. The molecule has 266 valence electrons. The fourth-order valence-electron chi connectivity index (χ4n) is 8.08. The fourth-order valence-corrected chi connectivity index (χ4v) is 8.08. The van der Waals surface area contributed by atoms with Gasteiger partial charge in [0.2, 0.25) is 0 Å². The molecular formula is C54H40N2. The summed E-state index contributed by atoms with van der Waals surface area (Å²) < 4.78 is 0. The van der Waals surface area contributed by atoms with Crippen LogP contribution in [0.4, 0.5) is 28.4 Å². The van der Waals surface area contributed by atoms with Gasteiger partial charge < -0.3 is 9.80 Å². The second-order valence-corrected chi connectivity index (χ2v) is 14.6. The number of fused-ring (bicyclic) bond motifs is 4. The Hall–Kier alpha value is -7.16. The molecule has 10 rings (SSSR count). The lowest BCUT2D eigenvalue weighted by Gasteiger charge is -2.30. The highest BCUT2D eigenvalue weighted by Gasteiger charge is 2.21. The van der Waals surface area contributed by atoms with Gasteiger partial charge in [-0.15, -0.1) is 0 Å². The zero-order chi connectivity index (χ0) is 37.3. The predicted octanol–water partition coefficient (Wildman–Crippen LogP) is 14.9. The van der Waals surface area contributed by atoms with Crippen molar-refractivity contribution in [2.75, 3.05) is 9.80 Å². The zero-order valence-corrected chi connectivity index (χ0v) is 31.0. The molecule has 1 atom stereocenters. The summed E-state index contributed by atoms with van der Waals surface area (Å²) in [5.41, 5.74) is 10.5. The summed E-state index contributed by atoms with van der Waals surface area (Å²) in [4.78, 5) is 4.73. The van der Waals surface area contributed by atoms with Crippen molar-refractivity contribution in [1.82, 2.24) is 0 Å². The Bertz CT molecular complexity index is 2810. The number of allylic oxidation sites excluding steroid dienone is 7. The quantitative estimate of drug-likeness (QED) is 0.144.